The Morgan fingerprint density at radius 2 is 1.46 bits per heavy atom. The Morgan fingerprint density at radius 3 is 1.88 bits per heavy atom. The van der Waals surface area contributed by atoms with E-state index in [1.807, 2.05) is 0 Å². The van der Waals surface area contributed by atoms with Crippen LogP contribution in [0.15, 0.2) is 42.5 Å². The Labute approximate surface area is 141 Å². The summed E-state index contributed by atoms with van der Waals surface area (Å²) in [5.74, 6) is -6.76. The molecule has 0 unspecified atom stereocenters. The van der Waals surface area contributed by atoms with Crippen molar-refractivity contribution in [3.8, 4) is 11.5 Å². The summed E-state index contributed by atoms with van der Waals surface area (Å²) >= 11 is 0. The number of carboxylic acids is 1. The van der Waals surface area contributed by atoms with E-state index in [4.69, 9.17) is 9.84 Å². The van der Waals surface area contributed by atoms with Crippen molar-refractivity contribution in [3.63, 3.8) is 0 Å². The van der Waals surface area contributed by atoms with E-state index < -0.39 is 41.4 Å². The van der Waals surface area contributed by atoms with E-state index in [1.54, 1.807) is 0 Å². The van der Waals surface area contributed by atoms with Crippen LogP contribution in [0.3, 0.4) is 0 Å². The lowest BCUT2D eigenvalue weighted by Gasteiger charge is -2.23. The van der Waals surface area contributed by atoms with E-state index in [9.17, 15) is 35.5 Å². The lowest BCUT2D eigenvalue weighted by molar-refractivity contribution is -0.253. The van der Waals surface area contributed by atoms with Gasteiger partial charge in [0.1, 0.15) is 5.75 Å². The minimum absolute atomic E-state index is 0.223. The number of rotatable bonds is 4. The van der Waals surface area contributed by atoms with Crippen LogP contribution in [0.1, 0.15) is 21.8 Å². The zero-order valence-electron chi connectivity index (χ0n) is 12.5. The van der Waals surface area contributed by atoms with E-state index in [-0.39, 0.29) is 11.3 Å². The smallest absolute Gasteiger partial charge is 0.404 e. The van der Waals surface area contributed by atoms with E-state index in [0.717, 1.165) is 24.3 Å². The molecule has 0 spiro atoms. The summed E-state index contributed by atoms with van der Waals surface area (Å²) in [6.45, 7) is 0. The molecule has 140 valence electrons. The van der Waals surface area contributed by atoms with Crippen molar-refractivity contribution >= 4 is 5.97 Å². The van der Waals surface area contributed by atoms with Gasteiger partial charge in [0.2, 0.25) is 0 Å². The second-order valence-electron chi connectivity index (χ2n) is 5.14. The quantitative estimate of drug-likeness (QED) is 0.708. The third-order valence-corrected chi connectivity index (χ3v) is 3.27. The zero-order valence-corrected chi connectivity index (χ0v) is 12.5. The molecule has 0 aliphatic heterocycles. The minimum atomic E-state index is -5.53. The van der Waals surface area contributed by atoms with Gasteiger partial charge in [-0.25, -0.2) is 9.18 Å². The molecule has 0 saturated carbocycles. The number of hydrogen-bond acceptors (Lipinski definition) is 2. The molecule has 0 bridgehead atoms. The highest BCUT2D eigenvalue weighted by Gasteiger charge is 2.57. The fraction of sp³-hybridized carbons (Fsp3) is 0.188. The summed E-state index contributed by atoms with van der Waals surface area (Å²) < 4.78 is 94.7. The second kappa shape index (κ2) is 6.85. The largest absolute Gasteiger partial charge is 0.478 e. The van der Waals surface area contributed by atoms with Crippen LogP contribution in [-0.2, 0) is 0 Å². The molecule has 2 aromatic rings. The molecule has 1 N–H and O–H groups in total. The van der Waals surface area contributed by atoms with Crippen LogP contribution in [0.4, 0.5) is 30.7 Å². The summed E-state index contributed by atoms with van der Waals surface area (Å²) in [5.41, 5.74) is -1.40. The van der Waals surface area contributed by atoms with Crippen molar-refractivity contribution in [1.29, 1.82) is 0 Å². The number of carbonyl (C=O) groups is 1. The highest BCUT2D eigenvalue weighted by molar-refractivity contribution is 5.87. The van der Waals surface area contributed by atoms with E-state index in [1.165, 1.54) is 0 Å². The molecule has 0 radical (unpaired) electrons. The van der Waals surface area contributed by atoms with Gasteiger partial charge in [-0.15, -0.1) is 0 Å². The summed E-state index contributed by atoms with van der Waals surface area (Å²) in [7, 11) is 0. The van der Waals surface area contributed by atoms with E-state index >= 15 is 0 Å². The van der Waals surface area contributed by atoms with Gasteiger partial charge in [-0.1, -0.05) is 12.1 Å². The molecule has 0 aliphatic carbocycles. The average Bonchev–Trinajstić information content (AvgIpc) is 2.48. The number of aromatic carboxylic acids is 1. The molecule has 0 aliphatic rings. The molecule has 2 rings (SSSR count). The molecule has 0 saturated heterocycles. The van der Waals surface area contributed by atoms with Gasteiger partial charge >= 0.3 is 18.3 Å². The van der Waals surface area contributed by atoms with Crippen LogP contribution in [0.25, 0.3) is 0 Å². The zero-order chi connectivity index (χ0) is 19.7. The van der Waals surface area contributed by atoms with Crippen LogP contribution < -0.4 is 4.74 Å². The van der Waals surface area contributed by atoms with Crippen molar-refractivity contribution in [2.24, 2.45) is 0 Å². The molecular formula is C16H9F7O3. The van der Waals surface area contributed by atoms with Crippen molar-refractivity contribution in [1.82, 2.24) is 0 Å². The Morgan fingerprint density at radius 1 is 0.923 bits per heavy atom. The first-order valence-electron chi connectivity index (χ1n) is 6.83. The van der Waals surface area contributed by atoms with Crippen LogP contribution in [0, 0.1) is 5.82 Å². The van der Waals surface area contributed by atoms with Crippen molar-refractivity contribution in [2.45, 2.75) is 18.3 Å². The number of benzene rings is 2. The topological polar surface area (TPSA) is 46.5 Å². The normalized spacial score (nSPS) is 12.3. The third-order valence-electron chi connectivity index (χ3n) is 3.27. The first-order valence-corrected chi connectivity index (χ1v) is 6.83. The maximum atomic E-state index is 13.7. The van der Waals surface area contributed by atoms with Gasteiger partial charge in [-0.3, -0.25) is 0 Å². The average molecular weight is 382 g/mol. The van der Waals surface area contributed by atoms with Gasteiger partial charge < -0.3 is 9.84 Å². The molecule has 0 fully saturated rings. The predicted molar refractivity (Wildman–Crippen MR) is 74.7 cm³/mol. The summed E-state index contributed by atoms with van der Waals surface area (Å²) in [6.07, 6.45) is -11.1. The predicted octanol–water partition coefficient (Wildman–Crippen LogP) is 5.52. The molecule has 2 aromatic carbocycles. The number of hydrogen-bond donors (Lipinski definition) is 1. The van der Waals surface area contributed by atoms with Gasteiger partial charge in [0, 0.05) is 0 Å². The summed E-state index contributed by atoms with van der Waals surface area (Å²) in [4.78, 5) is 10.7. The van der Waals surface area contributed by atoms with Gasteiger partial charge in [-0.2, -0.15) is 26.3 Å². The molecule has 0 amide bonds. The summed E-state index contributed by atoms with van der Waals surface area (Å²) in [5, 5.41) is 8.71. The van der Waals surface area contributed by atoms with Gasteiger partial charge in [-0.05, 0) is 35.9 Å². The standard InChI is InChI=1S/C16H9F7O3/c17-11-7-9(14(24)25)3-6-12(11)26-10-4-1-8(2-5-10)13(15(18,19)20)16(21,22)23/h1-7,13H,(H,24,25). The maximum Gasteiger partial charge on any atom is 0.404 e. The monoisotopic (exact) mass is 382 g/mol. The molecule has 0 aromatic heterocycles. The van der Waals surface area contributed by atoms with Crippen LogP contribution >= 0.6 is 0 Å². The third kappa shape index (κ3) is 4.44. The maximum absolute atomic E-state index is 13.7. The van der Waals surface area contributed by atoms with E-state index in [0.29, 0.717) is 18.2 Å². The van der Waals surface area contributed by atoms with Crippen molar-refractivity contribution in [3.05, 3.63) is 59.4 Å². The first kappa shape index (κ1) is 19.5. The van der Waals surface area contributed by atoms with E-state index in [2.05, 4.69) is 0 Å². The van der Waals surface area contributed by atoms with Crippen molar-refractivity contribution in [2.75, 3.05) is 0 Å². The summed E-state index contributed by atoms with van der Waals surface area (Å²) in [6, 6.07) is 5.46. The minimum Gasteiger partial charge on any atom is -0.478 e. The highest BCUT2D eigenvalue weighted by Crippen LogP contribution is 2.46. The molecule has 0 heterocycles. The number of halogens is 7. The van der Waals surface area contributed by atoms with Gasteiger partial charge in [0.05, 0.1) is 5.56 Å². The highest BCUT2D eigenvalue weighted by atomic mass is 19.4. The molecular weight excluding hydrogens is 373 g/mol. The fourth-order valence-electron chi connectivity index (χ4n) is 2.14. The Hall–Kier alpha value is -2.78. The molecule has 26 heavy (non-hydrogen) atoms. The molecule has 3 nitrogen and oxygen atoms in total. The number of carboxylic acid groups (broad SMARTS) is 1. The van der Waals surface area contributed by atoms with Crippen molar-refractivity contribution < 1.29 is 45.4 Å². The Kier molecular flexibility index (Phi) is 5.15. The van der Waals surface area contributed by atoms with Crippen LogP contribution in [0.2, 0.25) is 0 Å². The fourth-order valence-corrected chi connectivity index (χ4v) is 2.14. The first-order chi connectivity index (χ1) is 11.9. The lowest BCUT2D eigenvalue weighted by Crippen LogP contribution is -2.34. The molecule has 0 atom stereocenters. The second-order valence-corrected chi connectivity index (χ2v) is 5.14. The number of ether oxygens (including phenoxy) is 1. The lowest BCUT2D eigenvalue weighted by atomic mass is 9.98. The van der Waals surface area contributed by atoms with Gasteiger partial charge in [0.25, 0.3) is 0 Å². The Balaban J connectivity index is 2.26. The molecule has 10 heteroatoms. The van der Waals surface area contributed by atoms with Gasteiger partial charge in [0.15, 0.2) is 17.5 Å². The van der Waals surface area contributed by atoms with Crippen LogP contribution in [-0.4, -0.2) is 23.4 Å². The Bertz CT molecular complexity index is 781. The SMILES string of the molecule is O=C(O)c1ccc(Oc2ccc(C(C(F)(F)F)C(F)(F)F)cc2)c(F)c1. The van der Waals surface area contributed by atoms with Crippen LogP contribution in [0.5, 0.6) is 11.5 Å². The number of alkyl halides is 6.